The third-order valence-electron chi connectivity index (χ3n) is 9.24. The minimum atomic E-state index is -0.267. The topological polar surface area (TPSA) is 109 Å². The maximum Gasteiger partial charge on any atom is 0.165 e. The standard InChI is InChI=1S/C37H38FN9O/c1-26-42-33-8-7-32(29-11-14-40-35(39)22-29)43-37(33)47(26)30-6-9-34(31(38)23-30)45-20-18-44(19-21-45)15-3-2-4-27-5-10-36(41-24-27)46-16-12-28(25-48)13-17-46/h5-11,14,22-25,28H,3,12-13,15-21H2,1H3,(H2,39,40). The van der Waals surface area contributed by atoms with Crippen LogP contribution in [0.25, 0.3) is 28.1 Å². The van der Waals surface area contributed by atoms with Gasteiger partial charge in [-0.15, -0.1) is 0 Å². The van der Waals surface area contributed by atoms with Crippen molar-refractivity contribution in [2.75, 3.05) is 61.3 Å². The molecule has 4 aromatic heterocycles. The van der Waals surface area contributed by atoms with E-state index >= 15 is 4.39 Å². The molecule has 1 aromatic carbocycles. The average molecular weight is 644 g/mol. The molecule has 10 nitrogen and oxygen atoms in total. The number of rotatable bonds is 7. The van der Waals surface area contributed by atoms with Gasteiger partial charge in [-0.2, -0.15) is 0 Å². The Morgan fingerprint density at radius 1 is 0.938 bits per heavy atom. The lowest BCUT2D eigenvalue weighted by molar-refractivity contribution is -0.111. The zero-order valence-electron chi connectivity index (χ0n) is 27.0. The molecule has 2 saturated heterocycles. The first-order valence-electron chi connectivity index (χ1n) is 16.5. The van der Waals surface area contributed by atoms with E-state index < -0.39 is 0 Å². The first-order chi connectivity index (χ1) is 23.4. The maximum atomic E-state index is 15.6. The van der Waals surface area contributed by atoms with Crippen molar-refractivity contribution in [3.8, 4) is 28.8 Å². The Balaban J connectivity index is 0.943. The molecule has 2 fully saturated rings. The molecule has 0 radical (unpaired) electrons. The quantitative estimate of drug-likeness (QED) is 0.196. The molecule has 0 aliphatic carbocycles. The van der Waals surface area contributed by atoms with Crippen LogP contribution < -0.4 is 15.5 Å². The lowest BCUT2D eigenvalue weighted by Gasteiger charge is -2.36. The van der Waals surface area contributed by atoms with Gasteiger partial charge in [0.1, 0.15) is 35.1 Å². The highest BCUT2D eigenvalue weighted by atomic mass is 19.1. The van der Waals surface area contributed by atoms with Crippen molar-refractivity contribution in [2.24, 2.45) is 5.92 Å². The first kappa shape index (κ1) is 31.3. The number of nitrogen functional groups attached to an aromatic ring is 1. The Labute approximate surface area is 279 Å². The Kier molecular flexibility index (Phi) is 8.99. The van der Waals surface area contributed by atoms with Crippen LogP contribution in [0.2, 0.25) is 0 Å². The van der Waals surface area contributed by atoms with Crippen molar-refractivity contribution in [1.29, 1.82) is 0 Å². The number of aryl methyl sites for hydroxylation is 1. The van der Waals surface area contributed by atoms with E-state index in [2.05, 4.69) is 41.5 Å². The molecule has 0 atom stereocenters. The van der Waals surface area contributed by atoms with Gasteiger partial charge in [0.15, 0.2) is 5.65 Å². The molecule has 0 unspecified atom stereocenters. The van der Waals surface area contributed by atoms with Gasteiger partial charge in [0.25, 0.3) is 0 Å². The summed E-state index contributed by atoms with van der Waals surface area (Å²) in [6.45, 7) is 7.66. The van der Waals surface area contributed by atoms with Crippen molar-refractivity contribution >= 4 is 34.8 Å². The van der Waals surface area contributed by atoms with Crippen LogP contribution in [0, 0.1) is 30.5 Å². The molecular weight excluding hydrogens is 605 g/mol. The van der Waals surface area contributed by atoms with Crippen molar-refractivity contribution < 1.29 is 9.18 Å². The minimum absolute atomic E-state index is 0.176. The van der Waals surface area contributed by atoms with Crippen LogP contribution >= 0.6 is 0 Å². The second-order valence-electron chi connectivity index (χ2n) is 12.4. The number of carbonyl (C=O) groups excluding carboxylic acids is 1. The van der Waals surface area contributed by atoms with Gasteiger partial charge < -0.3 is 20.3 Å². The molecule has 0 saturated carbocycles. The number of aromatic nitrogens is 5. The summed E-state index contributed by atoms with van der Waals surface area (Å²) in [4.78, 5) is 35.9. The highest BCUT2D eigenvalue weighted by Crippen LogP contribution is 2.28. The smallest absolute Gasteiger partial charge is 0.165 e. The molecule has 0 bridgehead atoms. The van der Waals surface area contributed by atoms with Crippen molar-refractivity contribution in [2.45, 2.75) is 26.2 Å². The Bertz CT molecular complexity index is 1980. The molecule has 6 heterocycles. The van der Waals surface area contributed by atoms with Crippen LogP contribution in [-0.4, -0.2) is 81.5 Å². The summed E-state index contributed by atoms with van der Waals surface area (Å²) in [7, 11) is 0. The van der Waals surface area contributed by atoms with Gasteiger partial charge in [-0.1, -0.05) is 11.8 Å². The highest BCUT2D eigenvalue weighted by molar-refractivity contribution is 5.78. The molecule has 0 amide bonds. The largest absolute Gasteiger partial charge is 0.384 e. The third-order valence-corrected chi connectivity index (χ3v) is 9.24. The molecule has 48 heavy (non-hydrogen) atoms. The predicted molar refractivity (Wildman–Crippen MR) is 187 cm³/mol. The molecule has 2 aliphatic rings. The number of carbonyl (C=O) groups is 1. The predicted octanol–water partition coefficient (Wildman–Crippen LogP) is 4.89. The van der Waals surface area contributed by atoms with Gasteiger partial charge >= 0.3 is 0 Å². The van der Waals surface area contributed by atoms with Crippen LogP contribution in [-0.2, 0) is 4.79 Å². The highest BCUT2D eigenvalue weighted by Gasteiger charge is 2.21. The number of piperidine rings is 1. The van der Waals surface area contributed by atoms with E-state index in [-0.39, 0.29) is 11.7 Å². The lowest BCUT2D eigenvalue weighted by atomic mass is 9.99. The first-order valence-corrected chi connectivity index (χ1v) is 16.5. The summed E-state index contributed by atoms with van der Waals surface area (Å²) in [6.07, 6.45) is 7.09. The van der Waals surface area contributed by atoms with E-state index in [0.29, 0.717) is 22.8 Å². The summed E-state index contributed by atoms with van der Waals surface area (Å²) in [5.74, 6) is 8.53. The Hall–Kier alpha value is -5.34. The van der Waals surface area contributed by atoms with Crippen molar-refractivity contribution in [1.82, 2.24) is 29.4 Å². The molecular formula is C37H38FN9O. The number of imidazole rings is 1. The van der Waals surface area contributed by atoms with E-state index in [1.54, 1.807) is 18.3 Å². The fourth-order valence-electron chi connectivity index (χ4n) is 6.54. The van der Waals surface area contributed by atoms with Gasteiger partial charge in [0.05, 0.1) is 17.1 Å². The summed E-state index contributed by atoms with van der Waals surface area (Å²) >= 11 is 0. The van der Waals surface area contributed by atoms with Crippen LogP contribution in [0.5, 0.6) is 0 Å². The Morgan fingerprint density at radius 3 is 2.50 bits per heavy atom. The van der Waals surface area contributed by atoms with Gasteiger partial charge in [0, 0.05) is 87.7 Å². The molecule has 5 aromatic rings. The average Bonchev–Trinajstić information content (AvgIpc) is 3.45. The number of hydrogen-bond donors (Lipinski definition) is 1. The Morgan fingerprint density at radius 2 is 1.77 bits per heavy atom. The fraction of sp³-hybridized carbons (Fsp3) is 0.324. The second-order valence-corrected chi connectivity index (χ2v) is 12.4. The van der Waals surface area contributed by atoms with E-state index in [9.17, 15) is 4.79 Å². The number of pyridine rings is 3. The molecule has 11 heteroatoms. The number of hydrogen-bond acceptors (Lipinski definition) is 9. The molecule has 0 spiro atoms. The number of halogens is 1. The van der Waals surface area contributed by atoms with Gasteiger partial charge in [0.2, 0.25) is 0 Å². The SMILES string of the molecule is Cc1nc2ccc(-c3ccnc(N)c3)nc2n1-c1ccc(N2CCN(CCC#Cc3ccc(N4CCC(C=O)CC4)nc3)CC2)c(F)c1. The number of anilines is 3. The normalized spacial score (nSPS) is 15.8. The summed E-state index contributed by atoms with van der Waals surface area (Å²) in [6, 6.07) is 16.9. The zero-order chi connectivity index (χ0) is 33.0. The van der Waals surface area contributed by atoms with Crippen LogP contribution in [0.15, 0.2) is 67.0 Å². The summed E-state index contributed by atoms with van der Waals surface area (Å²) in [5.41, 5.74) is 11.1. The van der Waals surface area contributed by atoms with E-state index in [1.807, 2.05) is 60.2 Å². The second kappa shape index (κ2) is 13.8. The minimum Gasteiger partial charge on any atom is -0.384 e. The number of nitrogens with zero attached hydrogens (tertiary/aromatic N) is 8. The maximum absolute atomic E-state index is 15.6. The zero-order valence-corrected chi connectivity index (χ0v) is 27.0. The van der Waals surface area contributed by atoms with E-state index in [0.717, 1.165) is 105 Å². The summed E-state index contributed by atoms with van der Waals surface area (Å²) < 4.78 is 17.5. The molecule has 244 valence electrons. The van der Waals surface area contributed by atoms with E-state index in [1.165, 1.54) is 0 Å². The van der Waals surface area contributed by atoms with E-state index in [4.69, 9.17) is 10.7 Å². The number of aldehydes is 1. The summed E-state index contributed by atoms with van der Waals surface area (Å²) in [5, 5.41) is 0. The monoisotopic (exact) mass is 643 g/mol. The number of piperazine rings is 1. The van der Waals surface area contributed by atoms with Gasteiger partial charge in [-0.05, 0) is 68.3 Å². The van der Waals surface area contributed by atoms with Crippen LogP contribution in [0.4, 0.5) is 21.7 Å². The van der Waals surface area contributed by atoms with Crippen LogP contribution in [0.1, 0.15) is 30.7 Å². The van der Waals surface area contributed by atoms with Crippen LogP contribution in [0.3, 0.4) is 0 Å². The fourth-order valence-corrected chi connectivity index (χ4v) is 6.54. The third kappa shape index (κ3) is 6.71. The lowest BCUT2D eigenvalue weighted by Crippen LogP contribution is -2.46. The van der Waals surface area contributed by atoms with Gasteiger partial charge in [-0.3, -0.25) is 9.47 Å². The van der Waals surface area contributed by atoms with Crippen molar-refractivity contribution in [3.63, 3.8) is 0 Å². The molecule has 2 aliphatic heterocycles. The number of benzene rings is 1. The molecule has 2 N–H and O–H groups in total. The van der Waals surface area contributed by atoms with Crippen molar-refractivity contribution in [3.05, 3.63) is 84.2 Å². The van der Waals surface area contributed by atoms with Gasteiger partial charge in [-0.25, -0.2) is 24.3 Å². The number of fused-ring (bicyclic) bond motifs is 1. The molecule has 7 rings (SSSR count). The number of nitrogens with two attached hydrogens (primary N) is 1.